The second kappa shape index (κ2) is 6.17. The number of benzene rings is 2. The Morgan fingerprint density at radius 3 is 2.65 bits per heavy atom. The van der Waals surface area contributed by atoms with E-state index in [-0.39, 0.29) is 10.6 Å². The second-order valence-corrected chi connectivity index (χ2v) is 5.59. The number of anilines is 1. The summed E-state index contributed by atoms with van der Waals surface area (Å²) in [5.41, 5.74) is 5.51. The van der Waals surface area contributed by atoms with Crippen LogP contribution in [0.1, 0.15) is 10.4 Å². The maximum atomic E-state index is 13.6. The van der Waals surface area contributed by atoms with E-state index in [1.807, 2.05) is 0 Å². The minimum Gasteiger partial charge on any atom is -0.497 e. The van der Waals surface area contributed by atoms with E-state index in [1.54, 1.807) is 24.3 Å². The van der Waals surface area contributed by atoms with Crippen molar-refractivity contribution in [1.82, 2.24) is 10.4 Å². The summed E-state index contributed by atoms with van der Waals surface area (Å²) in [7, 11) is 1.53. The summed E-state index contributed by atoms with van der Waals surface area (Å²) < 4.78 is 32.1. The Morgan fingerprint density at radius 1 is 1.22 bits per heavy atom. The number of halogens is 2. The fourth-order valence-electron chi connectivity index (χ4n) is 1.94. The van der Waals surface area contributed by atoms with E-state index >= 15 is 0 Å². The summed E-state index contributed by atoms with van der Waals surface area (Å²) in [6.45, 7) is 0. The van der Waals surface area contributed by atoms with E-state index in [1.165, 1.54) is 13.2 Å². The van der Waals surface area contributed by atoms with Gasteiger partial charge < -0.3 is 4.74 Å². The molecule has 0 radical (unpaired) electrons. The highest BCUT2D eigenvalue weighted by atomic mass is 32.1. The molecule has 0 spiro atoms. The maximum Gasteiger partial charge on any atom is 0.269 e. The number of hydrazine groups is 1. The van der Waals surface area contributed by atoms with Gasteiger partial charge in [-0.2, -0.15) is 0 Å². The topological polar surface area (TPSA) is 63.2 Å². The van der Waals surface area contributed by atoms with Gasteiger partial charge in [-0.15, -0.1) is 0 Å². The van der Waals surface area contributed by atoms with E-state index in [9.17, 15) is 13.6 Å². The van der Waals surface area contributed by atoms with Gasteiger partial charge in [0.2, 0.25) is 5.13 Å². The molecule has 0 unspecified atom stereocenters. The van der Waals surface area contributed by atoms with Crippen LogP contribution in [0.3, 0.4) is 0 Å². The molecule has 0 aliphatic rings. The first-order chi connectivity index (χ1) is 11.1. The van der Waals surface area contributed by atoms with Gasteiger partial charge in [0, 0.05) is 11.6 Å². The number of carbonyl (C=O) groups excluding carboxylic acids is 1. The zero-order valence-corrected chi connectivity index (χ0v) is 12.7. The molecule has 2 N–H and O–H groups in total. The summed E-state index contributed by atoms with van der Waals surface area (Å²) in [4.78, 5) is 16.0. The number of rotatable bonds is 4. The molecule has 1 amide bonds. The summed E-state index contributed by atoms with van der Waals surface area (Å²) >= 11 is 1.03. The lowest BCUT2D eigenvalue weighted by Gasteiger charge is -2.06. The monoisotopic (exact) mass is 335 g/mol. The Hall–Kier alpha value is -2.74. The Bertz CT molecular complexity index is 865. The van der Waals surface area contributed by atoms with Gasteiger partial charge in [-0.05, 0) is 30.3 Å². The molecule has 0 bridgehead atoms. The van der Waals surface area contributed by atoms with Crippen LogP contribution in [-0.2, 0) is 0 Å². The number of ether oxygens (including phenoxy) is 1. The van der Waals surface area contributed by atoms with Gasteiger partial charge in [-0.25, -0.2) is 13.8 Å². The number of thiazole rings is 1. The lowest BCUT2D eigenvalue weighted by Crippen LogP contribution is -2.29. The SMILES string of the molecule is COc1ccc(C(=O)NNc2nc3c(F)cc(F)cc3s2)cc1. The van der Waals surface area contributed by atoms with Crippen LogP contribution in [-0.4, -0.2) is 18.0 Å². The van der Waals surface area contributed by atoms with Crippen LogP contribution >= 0.6 is 11.3 Å². The first-order valence-corrected chi connectivity index (χ1v) is 7.34. The van der Waals surface area contributed by atoms with E-state index in [0.717, 1.165) is 17.4 Å². The number of aromatic nitrogens is 1. The molecule has 3 rings (SSSR count). The standard InChI is InChI=1S/C15H11F2N3O2S/c1-22-10-4-2-8(3-5-10)14(21)19-20-15-18-13-11(17)6-9(16)7-12(13)23-15/h2-7H,1H3,(H,18,20)(H,19,21). The highest BCUT2D eigenvalue weighted by Gasteiger charge is 2.11. The van der Waals surface area contributed by atoms with Crippen molar-refractivity contribution in [3.8, 4) is 5.75 Å². The normalized spacial score (nSPS) is 10.6. The van der Waals surface area contributed by atoms with Crippen LogP contribution in [0.4, 0.5) is 13.9 Å². The van der Waals surface area contributed by atoms with Crippen molar-refractivity contribution >= 4 is 32.6 Å². The zero-order valence-electron chi connectivity index (χ0n) is 11.9. The van der Waals surface area contributed by atoms with E-state index in [0.29, 0.717) is 16.0 Å². The third-order valence-corrected chi connectivity index (χ3v) is 3.97. The molecule has 8 heteroatoms. The van der Waals surface area contributed by atoms with Crippen molar-refractivity contribution in [3.05, 3.63) is 53.6 Å². The van der Waals surface area contributed by atoms with Crippen LogP contribution in [0.25, 0.3) is 10.2 Å². The Balaban J connectivity index is 1.72. The fraction of sp³-hybridized carbons (Fsp3) is 0.0667. The van der Waals surface area contributed by atoms with Crippen molar-refractivity contribution < 1.29 is 18.3 Å². The first kappa shape index (κ1) is 15.2. The number of carbonyl (C=O) groups is 1. The van der Waals surface area contributed by atoms with E-state index < -0.39 is 17.5 Å². The summed E-state index contributed by atoms with van der Waals surface area (Å²) in [6, 6.07) is 8.47. The molecule has 0 saturated heterocycles. The van der Waals surface area contributed by atoms with Crippen molar-refractivity contribution in [2.24, 2.45) is 0 Å². The Kier molecular flexibility index (Phi) is 4.07. The molecular weight excluding hydrogens is 324 g/mol. The van der Waals surface area contributed by atoms with Crippen molar-refractivity contribution in [1.29, 1.82) is 0 Å². The van der Waals surface area contributed by atoms with Gasteiger partial charge in [-0.3, -0.25) is 15.6 Å². The molecule has 1 heterocycles. The van der Waals surface area contributed by atoms with Crippen LogP contribution < -0.4 is 15.6 Å². The minimum atomic E-state index is -0.745. The molecule has 2 aromatic carbocycles. The molecule has 0 fully saturated rings. The maximum absolute atomic E-state index is 13.6. The number of nitrogens with zero attached hydrogens (tertiary/aromatic N) is 1. The molecule has 3 aromatic rings. The van der Waals surface area contributed by atoms with Gasteiger partial charge in [0.15, 0.2) is 5.82 Å². The molecule has 23 heavy (non-hydrogen) atoms. The Morgan fingerprint density at radius 2 is 1.96 bits per heavy atom. The minimum absolute atomic E-state index is 0.0533. The van der Waals surface area contributed by atoms with Gasteiger partial charge in [-0.1, -0.05) is 11.3 Å². The molecule has 0 aliphatic carbocycles. The van der Waals surface area contributed by atoms with Gasteiger partial charge in [0.05, 0.1) is 11.8 Å². The molecule has 0 saturated carbocycles. The number of nitrogens with one attached hydrogen (secondary N) is 2. The third-order valence-electron chi connectivity index (χ3n) is 3.05. The number of amides is 1. The fourth-order valence-corrected chi connectivity index (χ4v) is 2.79. The summed E-state index contributed by atoms with van der Waals surface area (Å²) in [6.07, 6.45) is 0. The lowest BCUT2D eigenvalue weighted by atomic mass is 10.2. The molecule has 0 aliphatic heterocycles. The quantitative estimate of drug-likeness (QED) is 0.718. The number of hydrogen-bond acceptors (Lipinski definition) is 5. The van der Waals surface area contributed by atoms with Gasteiger partial charge >= 0.3 is 0 Å². The van der Waals surface area contributed by atoms with Gasteiger partial charge in [0.25, 0.3) is 5.91 Å². The molecule has 1 aromatic heterocycles. The van der Waals surface area contributed by atoms with Crippen molar-refractivity contribution in [3.63, 3.8) is 0 Å². The Labute approximate surface area is 133 Å². The second-order valence-electron chi connectivity index (χ2n) is 4.56. The van der Waals surface area contributed by atoms with Crippen molar-refractivity contribution in [2.75, 3.05) is 12.5 Å². The molecular formula is C15H11F2N3O2S. The highest BCUT2D eigenvalue weighted by molar-refractivity contribution is 7.22. The zero-order chi connectivity index (χ0) is 16.4. The smallest absolute Gasteiger partial charge is 0.269 e. The largest absolute Gasteiger partial charge is 0.497 e. The van der Waals surface area contributed by atoms with Gasteiger partial charge in [0.1, 0.15) is 17.1 Å². The highest BCUT2D eigenvalue weighted by Crippen LogP contribution is 2.28. The average molecular weight is 335 g/mol. The van der Waals surface area contributed by atoms with E-state index in [4.69, 9.17) is 4.74 Å². The van der Waals surface area contributed by atoms with Crippen LogP contribution in [0.5, 0.6) is 5.75 Å². The number of fused-ring (bicyclic) bond motifs is 1. The third kappa shape index (κ3) is 3.21. The molecule has 118 valence electrons. The summed E-state index contributed by atoms with van der Waals surface area (Å²) in [5.74, 6) is -1.17. The van der Waals surface area contributed by atoms with Crippen LogP contribution in [0, 0.1) is 11.6 Å². The van der Waals surface area contributed by atoms with Crippen molar-refractivity contribution in [2.45, 2.75) is 0 Å². The number of hydrogen-bond donors (Lipinski definition) is 2. The molecule has 5 nitrogen and oxygen atoms in total. The van der Waals surface area contributed by atoms with E-state index in [2.05, 4.69) is 15.8 Å². The predicted molar refractivity (Wildman–Crippen MR) is 83.6 cm³/mol. The average Bonchev–Trinajstić information content (AvgIpc) is 2.96. The predicted octanol–water partition coefficient (Wildman–Crippen LogP) is 3.34. The first-order valence-electron chi connectivity index (χ1n) is 6.53. The molecule has 0 atom stereocenters. The van der Waals surface area contributed by atoms with Crippen LogP contribution in [0.15, 0.2) is 36.4 Å². The summed E-state index contributed by atoms with van der Waals surface area (Å²) in [5, 5.41) is 0.256. The van der Waals surface area contributed by atoms with Crippen LogP contribution in [0.2, 0.25) is 0 Å². The number of methoxy groups -OCH3 is 1. The lowest BCUT2D eigenvalue weighted by molar-refractivity contribution is 0.0962.